The number of fused-ring (bicyclic) bond motifs is 1. The van der Waals surface area contributed by atoms with E-state index in [0.29, 0.717) is 23.8 Å². The second-order valence-electron chi connectivity index (χ2n) is 7.34. The van der Waals surface area contributed by atoms with Crippen molar-refractivity contribution in [1.82, 2.24) is 4.98 Å². The van der Waals surface area contributed by atoms with Gasteiger partial charge in [-0.3, -0.25) is 0 Å². The van der Waals surface area contributed by atoms with Crippen LogP contribution in [0.2, 0.25) is 0 Å². The minimum atomic E-state index is -0.329. The third-order valence-corrected chi connectivity index (χ3v) is 5.27. The van der Waals surface area contributed by atoms with Gasteiger partial charge in [-0.25, -0.2) is 4.39 Å². The summed E-state index contributed by atoms with van der Waals surface area (Å²) in [5.41, 5.74) is 1.40. The Hall–Kier alpha value is -4.37. The smallest absolute Gasteiger partial charge is 0.235 e. The number of furan rings is 1. The van der Waals surface area contributed by atoms with Gasteiger partial charge in [0.15, 0.2) is 0 Å². The lowest BCUT2D eigenvalue weighted by atomic mass is 10.0. The molecule has 0 saturated carbocycles. The summed E-state index contributed by atoms with van der Waals surface area (Å²) in [6.07, 6.45) is 1.57. The van der Waals surface area contributed by atoms with E-state index in [-0.39, 0.29) is 23.9 Å². The van der Waals surface area contributed by atoms with Gasteiger partial charge in [0.25, 0.3) is 0 Å². The Morgan fingerprint density at radius 3 is 2.53 bits per heavy atom. The number of halogens is 1. The fraction of sp³-hybridized carbons (Fsp3) is 0.0769. The molecule has 2 aromatic heterocycles. The minimum Gasteiger partial charge on any atom is -0.467 e. The molecule has 5 rings (SSSR count). The van der Waals surface area contributed by atoms with Crippen molar-refractivity contribution in [3.63, 3.8) is 0 Å². The second-order valence-corrected chi connectivity index (χ2v) is 7.34. The van der Waals surface area contributed by atoms with Crippen LogP contribution in [0.25, 0.3) is 22.2 Å². The van der Waals surface area contributed by atoms with Gasteiger partial charge in [-0.2, -0.15) is 10.2 Å². The van der Waals surface area contributed by atoms with Crippen LogP contribution in [0.4, 0.5) is 10.3 Å². The molecule has 0 N–H and O–H groups in total. The van der Waals surface area contributed by atoms with E-state index in [9.17, 15) is 9.65 Å². The zero-order valence-corrected chi connectivity index (χ0v) is 17.0. The van der Waals surface area contributed by atoms with Gasteiger partial charge >= 0.3 is 0 Å². The average Bonchev–Trinajstić information content (AvgIpc) is 3.49. The lowest BCUT2D eigenvalue weighted by Gasteiger charge is -2.21. The van der Waals surface area contributed by atoms with Crippen LogP contribution in [0.15, 0.2) is 94.0 Å². The molecule has 5 aromatic rings. The summed E-state index contributed by atoms with van der Waals surface area (Å²) in [6.45, 7) is 0.479. The molecule has 0 aliphatic rings. The molecular weight excluding hydrogens is 405 g/mol. The molecule has 0 amide bonds. The van der Waals surface area contributed by atoms with Crippen LogP contribution in [-0.4, -0.2) is 4.98 Å². The molecule has 0 unspecified atom stereocenters. The van der Waals surface area contributed by atoms with Crippen LogP contribution in [-0.2, 0) is 13.1 Å². The Balaban J connectivity index is 1.60. The van der Waals surface area contributed by atoms with Crippen LogP contribution in [0.1, 0.15) is 17.0 Å². The standard InChI is InChI=1S/C26H18FN3O2/c27-23-13-4-2-8-19(23)16-30(17-20-10-6-14-31-20)26-24(15-28)29-25(32-26)22-12-5-9-18-7-1-3-11-21(18)22/h1-14H,16-17H2. The van der Waals surface area contributed by atoms with Gasteiger partial charge in [-0.15, -0.1) is 0 Å². The molecule has 0 spiro atoms. The minimum absolute atomic E-state index is 0.135. The van der Waals surface area contributed by atoms with E-state index < -0.39 is 0 Å². The van der Waals surface area contributed by atoms with Crippen molar-refractivity contribution in [1.29, 1.82) is 5.26 Å². The SMILES string of the molecule is N#Cc1nc(-c2cccc3ccccc23)oc1N(Cc1ccco1)Cc1ccccc1F. The van der Waals surface area contributed by atoms with Crippen molar-refractivity contribution >= 4 is 16.7 Å². The number of nitrogens with zero attached hydrogens (tertiary/aromatic N) is 3. The van der Waals surface area contributed by atoms with E-state index in [1.165, 1.54) is 6.07 Å². The summed E-state index contributed by atoms with van der Waals surface area (Å²) in [6, 6.07) is 26.0. The van der Waals surface area contributed by atoms with E-state index in [1.54, 1.807) is 35.4 Å². The molecule has 2 heterocycles. The maximum atomic E-state index is 14.4. The van der Waals surface area contributed by atoms with E-state index in [4.69, 9.17) is 8.83 Å². The van der Waals surface area contributed by atoms with Gasteiger partial charge in [-0.1, -0.05) is 54.6 Å². The lowest BCUT2D eigenvalue weighted by molar-refractivity contribution is 0.480. The maximum absolute atomic E-state index is 14.4. The molecule has 0 atom stereocenters. The second kappa shape index (κ2) is 8.40. The molecule has 6 heteroatoms. The largest absolute Gasteiger partial charge is 0.467 e. The summed E-state index contributed by atoms with van der Waals surface area (Å²) in [7, 11) is 0. The molecule has 3 aromatic carbocycles. The zero-order chi connectivity index (χ0) is 21.9. The molecule has 0 saturated heterocycles. The van der Waals surface area contributed by atoms with E-state index in [1.807, 2.05) is 48.5 Å². The lowest BCUT2D eigenvalue weighted by Crippen LogP contribution is -2.23. The van der Waals surface area contributed by atoms with Gasteiger partial charge in [0.2, 0.25) is 17.5 Å². The maximum Gasteiger partial charge on any atom is 0.235 e. The number of rotatable bonds is 6. The Labute approximate surface area is 184 Å². The average molecular weight is 423 g/mol. The van der Waals surface area contributed by atoms with Crippen molar-refractivity contribution in [3.05, 3.63) is 108 Å². The van der Waals surface area contributed by atoms with Crippen LogP contribution in [0, 0.1) is 17.1 Å². The normalized spacial score (nSPS) is 10.9. The fourth-order valence-electron chi connectivity index (χ4n) is 3.75. The van der Waals surface area contributed by atoms with E-state index >= 15 is 0 Å². The number of aromatic nitrogens is 1. The predicted octanol–water partition coefficient (Wildman–Crippen LogP) is 6.31. The van der Waals surface area contributed by atoms with E-state index in [0.717, 1.165) is 16.3 Å². The molecule has 0 aliphatic carbocycles. The number of hydrogen-bond acceptors (Lipinski definition) is 5. The van der Waals surface area contributed by atoms with Crippen molar-refractivity contribution in [2.45, 2.75) is 13.1 Å². The molecule has 0 bridgehead atoms. The Morgan fingerprint density at radius 1 is 0.906 bits per heavy atom. The van der Waals surface area contributed by atoms with Gasteiger partial charge in [0.1, 0.15) is 17.6 Å². The quantitative estimate of drug-likeness (QED) is 0.320. The highest BCUT2D eigenvalue weighted by Crippen LogP contribution is 2.34. The summed E-state index contributed by atoms with van der Waals surface area (Å²) < 4.78 is 26.1. The number of hydrogen-bond donors (Lipinski definition) is 0. The molecule has 5 nitrogen and oxygen atoms in total. The Kier molecular flexibility index (Phi) is 5.14. The summed E-state index contributed by atoms with van der Waals surface area (Å²) >= 11 is 0. The molecule has 0 fully saturated rings. The van der Waals surface area contributed by atoms with Crippen molar-refractivity contribution < 1.29 is 13.2 Å². The van der Waals surface area contributed by atoms with E-state index in [2.05, 4.69) is 11.1 Å². The van der Waals surface area contributed by atoms with Crippen molar-refractivity contribution in [2.75, 3.05) is 4.90 Å². The van der Waals surface area contributed by atoms with Gasteiger partial charge in [-0.05, 0) is 35.0 Å². The van der Waals surface area contributed by atoms with Gasteiger partial charge in [0.05, 0.1) is 12.8 Å². The third kappa shape index (κ3) is 3.72. The molecular formula is C26H18FN3O2. The monoisotopic (exact) mass is 423 g/mol. The number of nitriles is 1. The molecule has 0 radical (unpaired) electrons. The van der Waals surface area contributed by atoms with Gasteiger partial charge < -0.3 is 13.7 Å². The highest BCUT2D eigenvalue weighted by atomic mass is 19.1. The Bertz CT molecular complexity index is 1410. The molecule has 156 valence electrons. The highest BCUT2D eigenvalue weighted by molar-refractivity contribution is 5.94. The summed E-state index contributed by atoms with van der Waals surface area (Å²) in [4.78, 5) is 6.23. The van der Waals surface area contributed by atoms with Crippen LogP contribution in [0.3, 0.4) is 0 Å². The number of oxazole rings is 1. The highest BCUT2D eigenvalue weighted by Gasteiger charge is 2.23. The zero-order valence-electron chi connectivity index (χ0n) is 17.0. The topological polar surface area (TPSA) is 66.2 Å². The molecule has 32 heavy (non-hydrogen) atoms. The number of anilines is 1. The molecule has 0 aliphatic heterocycles. The first-order valence-electron chi connectivity index (χ1n) is 10.1. The van der Waals surface area contributed by atoms with Crippen molar-refractivity contribution in [3.8, 4) is 17.5 Å². The van der Waals surface area contributed by atoms with Crippen LogP contribution >= 0.6 is 0 Å². The fourth-order valence-corrected chi connectivity index (χ4v) is 3.75. The Morgan fingerprint density at radius 2 is 1.72 bits per heavy atom. The first-order chi connectivity index (χ1) is 15.7. The van der Waals surface area contributed by atoms with Crippen LogP contribution < -0.4 is 4.90 Å². The third-order valence-electron chi connectivity index (χ3n) is 5.27. The first-order valence-corrected chi connectivity index (χ1v) is 10.1. The summed E-state index contributed by atoms with van der Waals surface area (Å²) in [5, 5.41) is 11.8. The van der Waals surface area contributed by atoms with Crippen LogP contribution in [0.5, 0.6) is 0 Å². The van der Waals surface area contributed by atoms with Crippen molar-refractivity contribution in [2.24, 2.45) is 0 Å². The first kappa shape index (κ1) is 19.6. The van der Waals surface area contributed by atoms with Gasteiger partial charge in [0, 0.05) is 17.7 Å². The number of benzene rings is 3. The predicted molar refractivity (Wildman–Crippen MR) is 119 cm³/mol. The summed E-state index contributed by atoms with van der Waals surface area (Å²) in [5.74, 6) is 0.944.